The zero-order valence-electron chi connectivity index (χ0n) is 26.7. The number of likely N-dealkylation sites (tertiary alicyclic amines) is 1. The number of benzene rings is 2. The van der Waals surface area contributed by atoms with E-state index in [0.717, 1.165) is 51.6 Å². The lowest BCUT2D eigenvalue weighted by Crippen LogP contribution is -2.55. The Morgan fingerprint density at radius 2 is 1.67 bits per heavy atom. The minimum Gasteiger partial charge on any atom is -0.436 e. The molecule has 10 heteroatoms. The molecule has 4 heterocycles. The average Bonchev–Trinajstić information content (AvgIpc) is 3.57. The van der Waals surface area contributed by atoms with Gasteiger partial charge in [-0.2, -0.15) is 5.10 Å². The van der Waals surface area contributed by atoms with Gasteiger partial charge in [-0.05, 0) is 73.2 Å². The molecular weight excluding hydrogens is 580 g/mol. The van der Waals surface area contributed by atoms with Crippen LogP contribution in [0.15, 0.2) is 53.5 Å². The second-order valence-corrected chi connectivity index (χ2v) is 13.4. The molecule has 2 aromatic carbocycles. The number of amides is 2. The van der Waals surface area contributed by atoms with Crippen LogP contribution in [0.5, 0.6) is 0 Å². The van der Waals surface area contributed by atoms with E-state index < -0.39 is 12.2 Å². The second kappa shape index (κ2) is 13.3. The Bertz CT molecular complexity index is 1760. The Morgan fingerprint density at radius 3 is 2.46 bits per heavy atom. The van der Waals surface area contributed by atoms with Crippen LogP contribution in [0.4, 0.5) is 4.79 Å². The SMILES string of the molecule is Cc1cc(CC(OC(=O)N2CCC(c3cc4ccccc4[nH]c3=O)CC2)C(=O)N2CCN(C3CCCCC3)CC2)cc2cn[nH]c12. The third-order valence-corrected chi connectivity index (χ3v) is 10.4. The van der Waals surface area contributed by atoms with Gasteiger partial charge in [-0.15, -0.1) is 0 Å². The van der Waals surface area contributed by atoms with Crippen molar-refractivity contribution in [2.24, 2.45) is 0 Å². The molecule has 46 heavy (non-hydrogen) atoms. The fraction of sp³-hybridized carbons (Fsp3) is 0.500. The number of para-hydroxylation sites is 1. The van der Waals surface area contributed by atoms with Gasteiger partial charge in [0.25, 0.3) is 11.5 Å². The summed E-state index contributed by atoms with van der Waals surface area (Å²) in [6.45, 7) is 5.97. The number of aromatic amines is 2. The highest BCUT2D eigenvalue weighted by Crippen LogP contribution is 2.29. The Morgan fingerprint density at radius 1 is 0.913 bits per heavy atom. The van der Waals surface area contributed by atoms with E-state index in [2.05, 4.69) is 20.1 Å². The van der Waals surface area contributed by atoms with Crippen LogP contribution in [0.2, 0.25) is 0 Å². The van der Waals surface area contributed by atoms with Crippen LogP contribution in [0.25, 0.3) is 21.8 Å². The lowest BCUT2D eigenvalue weighted by molar-refractivity contribution is -0.143. The number of hydrogen-bond acceptors (Lipinski definition) is 6. The smallest absolute Gasteiger partial charge is 0.410 e. The topological polar surface area (TPSA) is 115 Å². The molecule has 4 aromatic rings. The molecule has 7 rings (SSSR count). The van der Waals surface area contributed by atoms with Gasteiger partial charge >= 0.3 is 6.09 Å². The van der Waals surface area contributed by atoms with Crippen LogP contribution in [0, 0.1) is 6.92 Å². The summed E-state index contributed by atoms with van der Waals surface area (Å²) in [5.41, 5.74) is 4.46. The van der Waals surface area contributed by atoms with E-state index >= 15 is 0 Å². The summed E-state index contributed by atoms with van der Waals surface area (Å²) in [6, 6.07) is 14.4. The molecular formula is C36H44N6O4. The maximum atomic E-state index is 14.0. The molecule has 2 N–H and O–H groups in total. The van der Waals surface area contributed by atoms with Gasteiger partial charge in [0.1, 0.15) is 0 Å². The van der Waals surface area contributed by atoms with Gasteiger partial charge in [0, 0.05) is 68.2 Å². The van der Waals surface area contributed by atoms with Crippen LogP contribution in [-0.4, -0.2) is 93.3 Å². The lowest BCUT2D eigenvalue weighted by atomic mass is 9.89. The number of fused-ring (bicyclic) bond motifs is 2. The molecule has 10 nitrogen and oxygen atoms in total. The molecule has 1 atom stereocenters. The molecule has 3 aliphatic rings. The first-order valence-corrected chi connectivity index (χ1v) is 17.0. The number of pyridine rings is 1. The summed E-state index contributed by atoms with van der Waals surface area (Å²) in [7, 11) is 0. The number of aryl methyl sites for hydroxylation is 1. The number of nitrogens with one attached hydrogen (secondary N) is 2. The number of rotatable bonds is 6. The van der Waals surface area contributed by atoms with Gasteiger partial charge in [0.05, 0.1) is 11.7 Å². The van der Waals surface area contributed by atoms with Crippen LogP contribution >= 0.6 is 0 Å². The Labute approximate surface area is 269 Å². The van der Waals surface area contributed by atoms with E-state index in [9.17, 15) is 14.4 Å². The van der Waals surface area contributed by atoms with Gasteiger partial charge in [-0.3, -0.25) is 19.6 Å². The van der Waals surface area contributed by atoms with Crippen LogP contribution < -0.4 is 5.56 Å². The lowest BCUT2D eigenvalue weighted by Gasteiger charge is -2.41. The molecule has 3 fully saturated rings. The third kappa shape index (κ3) is 6.40. The largest absolute Gasteiger partial charge is 0.436 e. The number of nitrogens with zero attached hydrogens (tertiary/aromatic N) is 4. The molecule has 242 valence electrons. The normalized spacial score (nSPS) is 19.5. The van der Waals surface area contributed by atoms with E-state index in [-0.39, 0.29) is 17.4 Å². The Kier molecular flexibility index (Phi) is 8.80. The molecule has 1 aliphatic carbocycles. The monoisotopic (exact) mass is 624 g/mol. The predicted octanol–water partition coefficient (Wildman–Crippen LogP) is 5.12. The zero-order chi connectivity index (χ0) is 31.6. The molecule has 1 saturated carbocycles. The minimum atomic E-state index is -0.918. The maximum Gasteiger partial charge on any atom is 0.410 e. The van der Waals surface area contributed by atoms with E-state index in [0.29, 0.717) is 51.5 Å². The van der Waals surface area contributed by atoms with Crippen molar-refractivity contribution < 1.29 is 14.3 Å². The molecule has 0 spiro atoms. The number of piperazine rings is 1. The summed E-state index contributed by atoms with van der Waals surface area (Å²) in [4.78, 5) is 49.7. The zero-order valence-corrected chi connectivity index (χ0v) is 26.7. The summed E-state index contributed by atoms with van der Waals surface area (Å²) < 4.78 is 6.10. The summed E-state index contributed by atoms with van der Waals surface area (Å²) in [5, 5.41) is 9.18. The van der Waals surface area contributed by atoms with Crippen molar-refractivity contribution in [3.8, 4) is 0 Å². The summed E-state index contributed by atoms with van der Waals surface area (Å²) >= 11 is 0. The van der Waals surface area contributed by atoms with Crippen molar-refractivity contribution in [3.63, 3.8) is 0 Å². The van der Waals surface area contributed by atoms with E-state index in [1.54, 1.807) is 11.1 Å². The quantitative estimate of drug-likeness (QED) is 0.308. The van der Waals surface area contributed by atoms with Crippen molar-refractivity contribution in [2.45, 2.75) is 76.4 Å². The maximum absolute atomic E-state index is 14.0. The highest BCUT2D eigenvalue weighted by atomic mass is 16.6. The summed E-state index contributed by atoms with van der Waals surface area (Å²) in [6.07, 6.45) is 8.42. The first-order chi connectivity index (χ1) is 22.4. The number of ether oxygens (including phenoxy) is 1. The van der Waals surface area contributed by atoms with Crippen molar-refractivity contribution in [2.75, 3.05) is 39.3 Å². The number of H-pyrrole nitrogens is 2. The number of hydrogen-bond donors (Lipinski definition) is 2. The first kappa shape index (κ1) is 30.5. The van der Waals surface area contributed by atoms with Crippen LogP contribution in [-0.2, 0) is 16.0 Å². The third-order valence-electron chi connectivity index (χ3n) is 10.4. The standard InChI is InChI=1S/C36H44N6O4/c1-24-19-25(20-28-23-37-39-33(24)28)21-32(35(44)41-17-15-40(16-18-41)29-8-3-2-4-9-29)46-36(45)42-13-11-26(12-14-42)30-22-27-7-5-6-10-31(27)38-34(30)43/h5-7,10,19-20,22-23,26,29,32H,2-4,8-9,11-18,21H2,1H3,(H,37,39)(H,38,43). The first-order valence-electron chi connectivity index (χ1n) is 17.0. The van der Waals surface area contributed by atoms with E-state index in [1.807, 2.05) is 54.3 Å². The van der Waals surface area contributed by atoms with Crippen molar-refractivity contribution in [1.29, 1.82) is 0 Å². The van der Waals surface area contributed by atoms with Gasteiger partial charge in [0.15, 0.2) is 6.10 Å². The molecule has 0 bridgehead atoms. The number of aromatic nitrogens is 3. The second-order valence-electron chi connectivity index (χ2n) is 13.4. The van der Waals surface area contributed by atoms with Crippen molar-refractivity contribution in [1.82, 2.24) is 29.9 Å². The fourth-order valence-electron chi connectivity index (χ4n) is 7.82. The molecule has 2 aromatic heterocycles. The minimum absolute atomic E-state index is 0.0555. The Hall–Kier alpha value is -4.18. The van der Waals surface area contributed by atoms with Gasteiger partial charge in [0.2, 0.25) is 0 Å². The molecule has 2 amide bonds. The van der Waals surface area contributed by atoms with E-state index in [1.165, 1.54) is 32.1 Å². The van der Waals surface area contributed by atoms with Gasteiger partial charge in [-0.25, -0.2) is 4.79 Å². The number of carbonyl (C=O) groups is 2. The van der Waals surface area contributed by atoms with Crippen molar-refractivity contribution >= 4 is 33.8 Å². The average molecular weight is 625 g/mol. The van der Waals surface area contributed by atoms with Gasteiger partial charge in [-0.1, -0.05) is 43.5 Å². The molecule has 2 saturated heterocycles. The van der Waals surface area contributed by atoms with Gasteiger partial charge < -0.3 is 19.5 Å². The van der Waals surface area contributed by atoms with Crippen LogP contribution in [0.1, 0.15) is 67.6 Å². The van der Waals surface area contributed by atoms with E-state index in [4.69, 9.17) is 4.74 Å². The van der Waals surface area contributed by atoms with Crippen LogP contribution in [0.3, 0.4) is 0 Å². The number of piperidine rings is 1. The fourth-order valence-corrected chi connectivity index (χ4v) is 7.82. The number of carbonyl (C=O) groups excluding carboxylic acids is 2. The molecule has 1 unspecified atom stereocenters. The predicted molar refractivity (Wildman–Crippen MR) is 178 cm³/mol. The Balaban J connectivity index is 1.03. The van der Waals surface area contributed by atoms with Crippen molar-refractivity contribution in [3.05, 3.63) is 75.7 Å². The highest BCUT2D eigenvalue weighted by Gasteiger charge is 2.35. The molecule has 0 radical (unpaired) electrons. The summed E-state index contributed by atoms with van der Waals surface area (Å²) in [5.74, 6) is -0.0703. The molecule has 2 aliphatic heterocycles. The highest BCUT2D eigenvalue weighted by molar-refractivity contribution is 5.85.